The first-order chi connectivity index (χ1) is 22.5. The quantitative estimate of drug-likeness (QED) is 0.282. The van der Waals surface area contributed by atoms with Gasteiger partial charge in [-0.2, -0.15) is 0 Å². The molecule has 0 aromatic carbocycles. The van der Waals surface area contributed by atoms with E-state index in [0.717, 1.165) is 0 Å². The van der Waals surface area contributed by atoms with Crippen LogP contribution in [0.5, 0.6) is 0 Å². The molecule has 14 nitrogen and oxygen atoms in total. The SMILES string of the molecule is C=C(O)OC(C)(C)C.CC1(C)O[C@H]2O[C@H]([C@H]3COC(C)(C)O3)[C@H](O)[C@H]2O1.CC1(C)O[C@H]2O[C@H]([C@H]3COC(C)(C)O3)[C@H](O)[C@H]2O1.[CH]1C=CC=C1.[Ti]. The second kappa shape index (κ2) is 16.6. The molecule has 7 rings (SSSR count). The Kier molecular flexibility index (Phi) is 14.4. The molecule has 3 N–H and O–H groups in total. The zero-order valence-corrected chi connectivity index (χ0v) is 32.7. The first-order valence-corrected chi connectivity index (χ1v) is 16.7. The van der Waals surface area contributed by atoms with Crippen molar-refractivity contribution in [1.29, 1.82) is 0 Å². The molecule has 7 aliphatic rings. The van der Waals surface area contributed by atoms with Gasteiger partial charge in [0.05, 0.1) is 13.2 Å². The second-order valence-corrected chi connectivity index (χ2v) is 15.4. The van der Waals surface area contributed by atoms with E-state index in [1.165, 1.54) is 0 Å². The van der Waals surface area contributed by atoms with E-state index in [1.54, 1.807) is 27.7 Å². The van der Waals surface area contributed by atoms with Gasteiger partial charge < -0.3 is 67.4 Å². The van der Waals surface area contributed by atoms with Crippen LogP contribution in [0.25, 0.3) is 0 Å². The van der Waals surface area contributed by atoms with Crippen LogP contribution in [0.15, 0.2) is 36.8 Å². The number of ether oxygens (including phenoxy) is 11. The van der Waals surface area contributed by atoms with Crippen LogP contribution >= 0.6 is 0 Å². The van der Waals surface area contributed by atoms with Crippen molar-refractivity contribution in [2.75, 3.05) is 13.2 Å². The minimum Gasteiger partial charge on any atom is -0.481 e. The Morgan fingerprint density at radius 2 is 1.00 bits per heavy atom. The first-order valence-electron chi connectivity index (χ1n) is 16.7. The van der Waals surface area contributed by atoms with Crippen LogP contribution in [0.2, 0.25) is 0 Å². The number of hydrogen-bond donors (Lipinski definition) is 3. The number of allylic oxidation sites excluding steroid dienone is 4. The maximum Gasteiger partial charge on any atom is 0.269 e. The molecule has 1 aliphatic carbocycles. The Morgan fingerprint density at radius 1 is 0.620 bits per heavy atom. The third kappa shape index (κ3) is 12.0. The Hall–Kier alpha value is -0.946. The summed E-state index contributed by atoms with van der Waals surface area (Å²) < 4.78 is 61.0. The predicted octanol–water partition coefficient (Wildman–Crippen LogP) is 3.90. The van der Waals surface area contributed by atoms with E-state index in [9.17, 15) is 10.2 Å². The molecule has 0 amide bonds. The Labute approximate surface area is 311 Å². The fraction of sp³-hybridized carbons (Fsp3) is 0.800. The van der Waals surface area contributed by atoms with E-state index in [2.05, 4.69) is 6.58 Å². The van der Waals surface area contributed by atoms with Gasteiger partial charge in [-0.05, 0) is 82.7 Å². The summed E-state index contributed by atoms with van der Waals surface area (Å²) in [4.78, 5) is 0. The number of fused-ring (bicyclic) bond motifs is 2. The van der Waals surface area contributed by atoms with Crippen LogP contribution in [0.3, 0.4) is 0 Å². The zero-order chi connectivity index (χ0) is 36.6. The first kappa shape index (κ1) is 43.5. The maximum atomic E-state index is 10.3. The molecule has 285 valence electrons. The molecule has 0 saturated carbocycles. The van der Waals surface area contributed by atoms with Crippen molar-refractivity contribution in [3.63, 3.8) is 0 Å². The number of aliphatic hydroxyl groups excluding tert-OH is 3. The van der Waals surface area contributed by atoms with Crippen molar-refractivity contribution in [1.82, 2.24) is 0 Å². The third-order valence-corrected chi connectivity index (χ3v) is 7.88. The van der Waals surface area contributed by atoms with Gasteiger partial charge in [-0.1, -0.05) is 24.3 Å². The van der Waals surface area contributed by atoms with Crippen LogP contribution < -0.4 is 0 Å². The number of aliphatic hydroxyl groups is 3. The summed E-state index contributed by atoms with van der Waals surface area (Å²) in [6.45, 7) is 24.1. The average Bonchev–Trinajstić information content (AvgIpc) is 3.79. The van der Waals surface area contributed by atoms with Crippen molar-refractivity contribution in [3.05, 3.63) is 43.2 Å². The molecular formula is C35H57O14Ti. The Balaban J connectivity index is 0.000000199. The maximum absolute atomic E-state index is 10.3. The largest absolute Gasteiger partial charge is 0.481 e. The normalized spacial score (nSPS) is 39.1. The van der Waals surface area contributed by atoms with Crippen molar-refractivity contribution in [2.24, 2.45) is 0 Å². The van der Waals surface area contributed by atoms with Crippen molar-refractivity contribution in [2.45, 2.75) is 166 Å². The van der Waals surface area contributed by atoms with Gasteiger partial charge in [0.1, 0.15) is 54.4 Å². The molecule has 0 aromatic heterocycles. The summed E-state index contributed by atoms with van der Waals surface area (Å²) >= 11 is 0. The summed E-state index contributed by atoms with van der Waals surface area (Å²) in [6, 6.07) is 0. The van der Waals surface area contributed by atoms with E-state index in [-0.39, 0.29) is 45.5 Å². The summed E-state index contributed by atoms with van der Waals surface area (Å²) in [5, 5.41) is 29.0. The molecule has 6 saturated heterocycles. The number of rotatable bonds is 3. The van der Waals surface area contributed by atoms with Crippen LogP contribution in [-0.4, -0.2) is 119 Å². The minimum atomic E-state index is -0.765. The summed E-state index contributed by atoms with van der Waals surface area (Å²) in [5.74, 6) is -2.92. The molecule has 0 spiro atoms. The standard InChI is InChI=1S/2C12H20O6.C6H12O2.C5H5.Ti/c2*1-11(2)14-5-6(16-11)8-7(13)9-10(15-8)18-12(3,4)17-9;1-5(7)8-6(2,3)4;1-2-4-5-3-1;/h2*6-10,13H,5H2,1-4H3;7H,1H2,2-4H3;1-5H;/t2*6-,7+,8-,9-,10-;;;/m11.../s1. The van der Waals surface area contributed by atoms with Crippen molar-refractivity contribution < 1.29 is 89.1 Å². The van der Waals surface area contributed by atoms with E-state index in [1.807, 2.05) is 79.2 Å². The molecule has 15 heteroatoms. The predicted molar refractivity (Wildman–Crippen MR) is 174 cm³/mol. The molecule has 50 heavy (non-hydrogen) atoms. The summed E-state index contributed by atoms with van der Waals surface area (Å²) in [5.41, 5.74) is -0.328. The van der Waals surface area contributed by atoms with Gasteiger partial charge in [-0.3, -0.25) is 0 Å². The van der Waals surface area contributed by atoms with Gasteiger partial charge in [0.15, 0.2) is 35.7 Å². The van der Waals surface area contributed by atoms with Gasteiger partial charge in [-0.25, -0.2) is 0 Å². The van der Waals surface area contributed by atoms with Gasteiger partial charge in [-0.15, -0.1) is 0 Å². The third-order valence-electron chi connectivity index (χ3n) is 7.88. The van der Waals surface area contributed by atoms with E-state index < -0.39 is 72.4 Å². The molecule has 1 radical (unpaired) electrons. The summed E-state index contributed by atoms with van der Waals surface area (Å²) in [7, 11) is 0. The van der Waals surface area contributed by atoms with Gasteiger partial charge in [0.2, 0.25) is 0 Å². The zero-order valence-electron chi connectivity index (χ0n) is 31.1. The van der Waals surface area contributed by atoms with E-state index in [4.69, 9.17) is 57.2 Å². The summed E-state index contributed by atoms with van der Waals surface area (Å²) in [6.07, 6.45) is 4.94. The molecule has 0 bridgehead atoms. The minimum absolute atomic E-state index is 0. The molecule has 6 fully saturated rings. The van der Waals surface area contributed by atoms with Gasteiger partial charge >= 0.3 is 0 Å². The topological polar surface area (TPSA) is 162 Å². The smallest absolute Gasteiger partial charge is 0.269 e. The average molecular weight is 750 g/mol. The monoisotopic (exact) mass is 749 g/mol. The van der Waals surface area contributed by atoms with Crippen LogP contribution in [0, 0.1) is 6.42 Å². The molecule has 0 aromatic rings. The van der Waals surface area contributed by atoms with Crippen LogP contribution in [0.4, 0.5) is 0 Å². The van der Waals surface area contributed by atoms with Crippen LogP contribution in [0.1, 0.15) is 76.2 Å². The number of hydrogen-bond acceptors (Lipinski definition) is 14. The van der Waals surface area contributed by atoms with Crippen molar-refractivity contribution in [3.8, 4) is 0 Å². The fourth-order valence-electron chi connectivity index (χ4n) is 6.08. The van der Waals surface area contributed by atoms with E-state index >= 15 is 0 Å². The molecule has 6 heterocycles. The van der Waals surface area contributed by atoms with Crippen LogP contribution in [-0.2, 0) is 73.8 Å². The van der Waals surface area contributed by atoms with E-state index in [0.29, 0.717) is 13.2 Å². The second-order valence-electron chi connectivity index (χ2n) is 15.4. The van der Waals surface area contributed by atoms with Gasteiger partial charge in [0, 0.05) is 28.1 Å². The molecule has 6 aliphatic heterocycles. The Morgan fingerprint density at radius 3 is 1.22 bits per heavy atom. The molecule has 10 atom stereocenters. The molecular weight excluding hydrogens is 692 g/mol. The Bertz CT molecular complexity index is 1100. The molecule has 0 unspecified atom stereocenters. The van der Waals surface area contributed by atoms with Crippen molar-refractivity contribution >= 4 is 0 Å². The fourth-order valence-corrected chi connectivity index (χ4v) is 6.08. The van der Waals surface area contributed by atoms with Gasteiger partial charge in [0.25, 0.3) is 5.95 Å².